The number of ether oxygens (including phenoxy) is 2. The monoisotopic (exact) mass is 837 g/mol. The van der Waals surface area contributed by atoms with Crippen LogP contribution in [0, 0.1) is 11.3 Å². The van der Waals surface area contributed by atoms with Crippen LogP contribution in [0.5, 0.6) is 0 Å². The summed E-state index contributed by atoms with van der Waals surface area (Å²) in [6, 6.07) is -1.12. The lowest BCUT2D eigenvalue weighted by Gasteiger charge is -2.38. The number of nitrogens with one attached hydrogen (secondary N) is 2. The molecule has 342 valence electrons. The molecule has 0 aromatic rings. The van der Waals surface area contributed by atoms with E-state index in [1.54, 1.807) is 0 Å². The third kappa shape index (κ3) is 28.3. The van der Waals surface area contributed by atoms with E-state index in [-0.39, 0.29) is 12.2 Å². The minimum absolute atomic E-state index is 0.171. The second kappa shape index (κ2) is 36.9. The van der Waals surface area contributed by atoms with Crippen molar-refractivity contribution in [3.63, 3.8) is 0 Å². The Morgan fingerprint density at radius 1 is 0.746 bits per heavy atom. The maximum absolute atomic E-state index is 16.5. The smallest absolute Gasteiger partial charge is 0.370 e. The fraction of sp³-hybridized carbons (Fsp3) is 0.833. The second-order valence-corrected chi connectivity index (χ2v) is 16.8. The largest absolute Gasteiger partial charge is 0.478 e. The van der Waals surface area contributed by atoms with Crippen molar-refractivity contribution in [2.45, 2.75) is 244 Å². The van der Waals surface area contributed by atoms with Gasteiger partial charge in [-0.1, -0.05) is 194 Å². The minimum Gasteiger partial charge on any atom is -0.478 e. The molecule has 1 aliphatic rings. The maximum Gasteiger partial charge on any atom is 0.370 e. The predicted octanol–water partition coefficient (Wildman–Crippen LogP) is 13.0. The molecule has 0 aromatic heterocycles. The summed E-state index contributed by atoms with van der Waals surface area (Å²) in [5.74, 6) is -3.70. The molecular formula is C48H85FN2O8. The van der Waals surface area contributed by atoms with Gasteiger partial charge in [0, 0.05) is 31.9 Å². The molecule has 0 fully saturated rings. The number of allylic oxidation sites excluding steroid dienone is 1. The highest BCUT2D eigenvalue weighted by Crippen LogP contribution is 2.29. The Morgan fingerprint density at radius 3 is 1.54 bits per heavy atom. The predicted molar refractivity (Wildman–Crippen MR) is 236 cm³/mol. The van der Waals surface area contributed by atoms with Crippen LogP contribution in [0.2, 0.25) is 0 Å². The van der Waals surface area contributed by atoms with E-state index >= 15 is 4.39 Å². The summed E-state index contributed by atoms with van der Waals surface area (Å²) >= 11 is 0. The molecular weight excluding hydrogens is 752 g/mol. The first-order chi connectivity index (χ1) is 28.6. The summed E-state index contributed by atoms with van der Waals surface area (Å²) < 4.78 is 27.5. The van der Waals surface area contributed by atoms with Gasteiger partial charge in [-0.25, -0.2) is 9.18 Å². The Bertz CT molecular complexity index is 1150. The van der Waals surface area contributed by atoms with Gasteiger partial charge in [0.25, 0.3) is 0 Å². The summed E-state index contributed by atoms with van der Waals surface area (Å²) in [5.41, 5.74) is 0. The van der Waals surface area contributed by atoms with Gasteiger partial charge < -0.3 is 30.2 Å². The van der Waals surface area contributed by atoms with E-state index in [0.29, 0.717) is 12.8 Å². The van der Waals surface area contributed by atoms with E-state index in [1.807, 2.05) is 0 Å². The van der Waals surface area contributed by atoms with Crippen molar-refractivity contribution < 1.29 is 43.1 Å². The Hall–Kier alpha value is -2.95. The molecule has 5 atom stereocenters. The van der Waals surface area contributed by atoms with Crippen LogP contribution in [0.3, 0.4) is 0 Å². The van der Waals surface area contributed by atoms with Gasteiger partial charge in [0.2, 0.25) is 11.7 Å². The van der Waals surface area contributed by atoms with Crippen LogP contribution in [-0.2, 0) is 33.6 Å². The number of carboxylic acids is 1. The van der Waals surface area contributed by atoms with E-state index in [1.165, 1.54) is 148 Å². The van der Waals surface area contributed by atoms with Crippen molar-refractivity contribution in [2.24, 2.45) is 5.92 Å². The SMILES string of the molecule is C=C(CCCCCCCCCCCCCCCC)OOC(COC(=O)CCCCCCCCCCCCCCCCC)C(F)C1OC(C(=O)O)=CC(C=N)C1NC(C)=O. The fourth-order valence-corrected chi connectivity index (χ4v) is 7.67. The summed E-state index contributed by atoms with van der Waals surface area (Å²) in [4.78, 5) is 47.7. The Labute approximate surface area is 358 Å². The lowest BCUT2D eigenvalue weighted by atomic mass is 9.88. The molecule has 3 N–H and O–H groups in total. The molecule has 0 saturated carbocycles. The topological polar surface area (TPSA) is 144 Å². The Kier molecular flexibility index (Phi) is 33.8. The van der Waals surface area contributed by atoms with Crippen LogP contribution in [0.25, 0.3) is 0 Å². The van der Waals surface area contributed by atoms with E-state index in [9.17, 15) is 19.5 Å². The number of rotatable bonds is 41. The summed E-state index contributed by atoms with van der Waals surface area (Å²) in [7, 11) is 0. The number of hydrogen-bond acceptors (Lipinski definition) is 8. The number of hydrogen-bond donors (Lipinski definition) is 3. The number of alkyl halides is 1. The van der Waals surface area contributed by atoms with Gasteiger partial charge in [0.1, 0.15) is 12.4 Å². The number of carbonyl (C=O) groups excluding carboxylic acids is 2. The Balaban J connectivity index is 2.56. The molecule has 1 rings (SSSR count). The molecule has 0 spiro atoms. The number of carboxylic acid groups (broad SMARTS) is 1. The summed E-state index contributed by atoms with van der Waals surface area (Å²) in [6.45, 7) is 9.13. The highest BCUT2D eigenvalue weighted by atomic mass is 19.1. The molecule has 10 nitrogen and oxygen atoms in total. The first-order valence-electron chi connectivity index (χ1n) is 23.8. The molecule has 1 amide bonds. The zero-order valence-corrected chi connectivity index (χ0v) is 37.6. The highest BCUT2D eigenvalue weighted by Gasteiger charge is 2.46. The van der Waals surface area contributed by atoms with E-state index in [2.05, 4.69) is 25.7 Å². The molecule has 0 aliphatic carbocycles. The van der Waals surface area contributed by atoms with Gasteiger partial charge >= 0.3 is 11.9 Å². The summed E-state index contributed by atoms with van der Waals surface area (Å²) in [6.07, 6.45) is 33.0. The van der Waals surface area contributed by atoms with Crippen molar-refractivity contribution in [1.29, 1.82) is 5.41 Å². The van der Waals surface area contributed by atoms with E-state index in [4.69, 9.17) is 24.7 Å². The third-order valence-electron chi connectivity index (χ3n) is 11.3. The van der Waals surface area contributed by atoms with Gasteiger partial charge in [-0.3, -0.25) is 9.59 Å². The zero-order valence-electron chi connectivity index (χ0n) is 37.6. The molecule has 5 unspecified atom stereocenters. The number of esters is 1. The molecule has 59 heavy (non-hydrogen) atoms. The first kappa shape index (κ1) is 54.1. The second-order valence-electron chi connectivity index (χ2n) is 16.8. The van der Waals surface area contributed by atoms with Crippen LogP contribution < -0.4 is 5.32 Å². The van der Waals surface area contributed by atoms with E-state index in [0.717, 1.165) is 50.8 Å². The Morgan fingerprint density at radius 2 is 1.15 bits per heavy atom. The molecule has 0 saturated heterocycles. The molecule has 0 aromatic carbocycles. The van der Waals surface area contributed by atoms with Gasteiger partial charge in [-0.2, -0.15) is 4.89 Å². The van der Waals surface area contributed by atoms with Crippen LogP contribution >= 0.6 is 0 Å². The van der Waals surface area contributed by atoms with Gasteiger partial charge in [-0.15, -0.1) is 0 Å². The molecule has 11 heteroatoms. The fourth-order valence-electron chi connectivity index (χ4n) is 7.67. The van der Waals surface area contributed by atoms with Crippen LogP contribution in [0.15, 0.2) is 24.2 Å². The number of halogens is 1. The summed E-state index contributed by atoms with van der Waals surface area (Å²) in [5, 5.41) is 20.1. The number of amides is 1. The average Bonchev–Trinajstić information content (AvgIpc) is 3.21. The van der Waals surface area contributed by atoms with Crippen molar-refractivity contribution in [2.75, 3.05) is 6.61 Å². The molecule has 0 radical (unpaired) electrons. The van der Waals surface area contributed by atoms with Crippen LogP contribution in [0.1, 0.15) is 220 Å². The molecule has 1 heterocycles. The van der Waals surface area contributed by atoms with Crippen molar-refractivity contribution in [3.8, 4) is 0 Å². The first-order valence-corrected chi connectivity index (χ1v) is 23.8. The number of carbonyl (C=O) groups is 3. The number of aliphatic carboxylic acids is 1. The standard InChI is InChI=1S/C48H85FN2O8/c1-5-7-9-11-13-15-17-19-21-23-25-27-29-31-33-35-44(53)56-38-43(45(49)47-46(51-40(4)52)41(37-50)36-42(57-47)48(54)55)59-58-39(3)34-32-30-28-26-24-22-20-18-16-14-12-10-8-6-2/h36-37,41,43,45-47,50H,3,5-35,38H2,1-2,4H3,(H,51,52)(H,54,55). The third-order valence-corrected chi connectivity index (χ3v) is 11.3. The average molecular weight is 837 g/mol. The quantitative estimate of drug-likeness (QED) is 0.0138. The van der Waals surface area contributed by atoms with Gasteiger partial charge in [0.05, 0.1) is 6.04 Å². The van der Waals surface area contributed by atoms with Crippen molar-refractivity contribution in [1.82, 2.24) is 5.32 Å². The normalized spacial score (nSPS) is 17.4. The minimum atomic E-state index is -2.12. The number of unbranched alkanes of at least 4 members (excludes halogenated alkanes) is 27. The lowest BCUT2D eigenvalue weighted by Crippen LogP contribution is -2.57. The van der Waals surface area contributed by atoms with Crippen LogP contribution in [-0.4, -0.2) is 60.2 Å². The van der Waals surface area contributed by atoms with Crippen molar-refractivity contribution in [3.05, 3.63) is 24.2 Å². The zero-order chi connectivity index (χ0) is 43.4. The lowest BCUT2D eigenvalue weighted by molar-refractivity contribution is -0.319. The molecule has 0 bridgehead atoms. The van der Waals surface area contributed by atoms with Crippen LogP contribution in [0.4, 0.5) is 4.39 Å². The van der Waals surface area contributed by atoms with Crippen molar-refractivity contribution >= 4 is 24.1 Å². The molecule has 1 aliphatic heterocycles. The van der Waals surface area contributed by atoms with E-state index < -0.39 is 60.6 Å². The highest BCUT2D eigenvalue weighted by molar-refractivity contribution is 5.86. The maximum atomic E-state index is 16.5. The van der Waals surface area contributed by atoms with Gasteiger partial charge in [0.15, 0.2) is 18.4 Å². The van der Waals surface area contributed by atoms with Gasteiger partial charge in [-0.05, 0) is 18.9 Å².